The van der Waals surface area contributed by atoms with Crippen molar-refractivity contribution < 1.29 is 14.3 Å². The van der Waals surface area contributed by atoms with Gasteiger partial charge in [0.15, 0.2) is 0 Å². The number of aryl methyl sites for hydroxylation is 3. The third-order valence-electron chi connectivity index (χ3n) is 4.27. The van der Waals surface area contributed by atoms with Crippen LogP contribution in [0.15, 0.2) is 18.2 Å². The topological polar surface area (TPSA) is 55.4 Å². The Balaban J connectivity index is 1.89. The van der Waals surface area contributed by atoms with Crippen molar-refractivity contribution in [3.8, 4) is 0 Å². The van der Waals surface area contributed by atoms with Crippen molar-refractivity contribution in [2.75, 3.05) is 11.9 Å². The molecule has 0 spiro atoms. The zero-order chi connectivity index (χ0) is 18.0. The van der Waals surface area contributed by atoms with Gasteiger partial charge in [0.2, 0.25) is 0 Å². The van der Waals surface area contributed by atoms with Crippen LogP contribution in [0.25, 0.3) is 0 Å². The Morgan fingerprint density at radius 1 is 1.16 bits per heavy atom. The van der Waals surface area contributed by atoms with Crippen molar-refractivity contribution in [2.45, 2.75) is 46.5 Å². The van der Waals surface area contributed by atoms with E-state index >= 15 is 0 Å². The summed E-state index contributed by atoms with van der Waals surface area (Å²) in [6, 6.07) is 5.75. The first kappa shape index (κ1) is 17.7. The summed E-state index contributed by atoms with van der Waals surface area (Å²) in [6.07, 6.45) is 3.68. The van der Waals surface area contributed by atoms with Gasteiger partial charge in [-0.1, -0.05) is 24.1 Å². The van der Waals surface area contributed by atoms with Gasteiger partial charge in [0, 0.05) is 10.4 Å². The molecular formula is C20H23NO3S. The van der Waals surface area contributed by atoms with E-state index < -0.39 is 0 Å². The van der Waals surface area contributed by atoms with E-state index in [1.54, 1.807) is 0 Å². The normalized spacial score (nSPS) is 12.8. The van der Waals surface area contributed by atoms with Gasteiger partial charge in [-0.05, 0) is 57.2 Å². The molecule has 132 valence electrons. The Hall–Kier alpha value is -2.14. The van der Waals surface area contributed by atoms with Crippen molar-refractivity contribution in [1.29, 1.82) is 0 Å². The van der Waals surface area contributed by atoms with Crippen molar-refractivity contribution in [3.05, 3.63) is 50.9 Å². The molecule has 0 aliphatic heterocycles. The van der Waals surface area contributed by atoms with Gasteiger partial charge in [-0.2, -0.15) is 0 Å². The van der Waals surface area contributed by atoms with Crippen LogP contribution in [0.4, 0.5) is 5.00 Å². The summed E-state index contributed by atoms with van der Waals surface area (Å²) in [4.78, 5) is 26.4. The second kappa shape index (κ2) is 7.40. The zero-order valence-electron chi connectivity index (χ0n) is 14.9. The fourth-order valence-electron chi connectivity index (χ4n) is 3.26. The summed E-state index contributed by atoms with van der Waals surface area (Å²) in [7, 11) is 0. The van der Waals surface area contributed by atoms with Crippen molar-refractivity contribution >= 4 is 28.2 Å². The maximum absolute atomic E-state index is 12.7. The van der Waals surface area contributed by atoms with Crippen LogP contribution >= 0.6 is 11.3 Å². The fraction of sp³-hybridized carbons (Fsp3) is 0.400. The quantitative estimate of drug-likeness (QED) is 0.791. The number of thiophene rings is 1. The highest BCUT2D eigenvalue weighted by molar-refractivity contribution is 7.17. The van der Waals surface area contributed by atoms with Gasteiger partial charge in [-0.25, -0.2) is 4.79 Å². The van der Waals surface area contributed by atoms with Crippen LogP contribution in [0.2, 0.25) is 0 Å². The van der Waals surface area contributed by atoms with Gasteiger partial charge >= 0.3 is 5.97 Å². The number of fused-ring (bicyclic) bond motifs is 1. The maximum atomic E-state index is 12.7. The maximum Gasteiger partial charge on any atom is 0.341 e. The van der Waals surface area contributed by atoms with Crippen molar-refractivity contribution in [2.24, 2.45) is 0 Å². The van der Waals surface area contributed by atoms with Crippen LogP contribution in [-0.2, 0) is 17.6 Å². The fourth-order valence-corrected chi connectivity index (χ4v) is 4.53. The molecule has 4 nitrogen and oxygen atoms in total. The number of esters is 1. The number of ether oxygens (including phenoxy) is 1. The summed E-state index contributed by atoms with van der Waals surface area (Å²) in [5.74, 6) is -0.506. The van der Waals surface area contributed by atoms with Crippen LogP contribution in [-0.4, -0.2) is 18.5 Å². The van der Waals surface area contributed by atoms with E-state index in [1.807, 2.05) is 39.0 Å². The summed E-state index contributed by atoms with van der Waals surface area (Å²) in [6.45, 7) is 6.30. The highest BCUT2D eigenvalue weighted by atomic mass is 32.1. The molecule has 0 saturated heterocycles. The van der Waals surface area contributed by atoms with E-state index in [-0.39, 0.29) is 11.9 Å². The average molecular weight is 357 g/mol. The molecule has 3 rings (SSSR count). The predicted octanol–water partition coefficient (Wildman–Crippen LogP) is 4.67. The second-order valence-corrected chi connectivity index (χ2v) is 7.63. The van der Waals surface area contributed by atoms with Gasteiger partial charge in [0.1, 0.15) is 5.00 Å². The molecule has 0 atom stereocenters. The molecule has 1 aliphatic rings. The molecule has 1 aliphatic carbocycles. The Morgan fingerprint density at radius 2 is 1.88 bits per heavy atom. The Labute approximate surface area is 152 Å². The molecule has 0 bridgehead atoms. The average Bonchev–Trinajstić information content (AvgIpc) is 3.12. The van der Waals surface area contributed by atoms with E-state index in [1.165, 1.54) is 16.2 Å². The number of hydrogen-bond acceptors (Lipinski definition) is 4. The van der Waals surface area contributed by atoms with E-state index in [4.69, 9.17) is 4.74 Å². The Morgan fingerprint density at radius 3 is 2.56 bits per heavy atom. The number of hydrogen-bond donors (Lipinski definition) is 1. The molecule has 2 aromatic rings. The lowest BCUT2D eigenvalue weighted by Gasteiger charge is -2.09. The minimum Gasteiger partial charge on any atom is -0.462 e. The Bertz CT molecular complexity index is 802. The van der Waals surface area contributed by atoms with Crippen molar-refractivity contribution in [1.82, 2.24) is 0 Å². The van der Waals surface area contributed by atoms with Gasteiger partial charge < -0.3 is 10.1 Å². The predicted molar refractivity (Wildman–Crippen MR) is 101 cm³/mol. The molecule has 0 unspecified atom stereocenters. The van der Waals surface area contributed by atoms with Gasteiger partial charge in [0.25, 0.3) is 5.91 Å². The molecule has 1 amide bonds. The van der Waals surface area contributed by atoms with Gasteiger partial charge in [0.05, 0.1) is 12.2 Å². The summed E-state index contributed by atoms with van der Waals surface area (Å²) in [5.41, 5.74) is 4.31. The molecule has 0 fully saturated rings. The first-order chi connectivity index (χ1) is 12.0. The minimum absolute atomic E-state index is 0.184. The Kier molecular flexibility index (Phi) is 5.23. The molecule has 1 heterocycles. The minimum atomic E-state index is -0.322. The number of carbonyl (C=O) groups is 2. The first-order valence-electron chi connectivity index (χ1n) is 8.71. The standard InChI is InChI=1S/C20H23NO3S/c1-4-8-24-20(23)17-15-6-5-7-16(15)25-19(17)21-18(22)14-10-12(2)9-13(3)11-14/h9-11H,4-8H2,1-3H3,(H,21,22). The van der Waals surface area contributed by atoms with E-state index in [0.29, 0.717) is 22.7 Å². The lowest BCUT2D eigenvalue weighted by Crippen LogP contribution is -2.15. The summed E-state index contributed by atoms with van der Waals surface area (Å²) >= 11 is 1.51. The lowest BCUT2D eigenvalue weighted by atomic mass is 10.1. The SMILES string of the molecule is CCCOC(=O)c1c(NC(=O)c2cc(C)cc(C)c2)sc2c1CCC2. The van der Waals surface area contributed by atoms with Crippen LogP contribution in [0.3, 0.4) is 0 Å². The molecular weight excluding hydrogens is 334 g/mol. The number of carbonyl (C=O) groups excluding carboxylic acids is 2. The lowest BCUT2D eigenvalue weighted by molar-refractivity contribution is 0.0505. The highest BCUT2D eigenvalue weighted by Gasteiger charge is 2.28. The molecule has 1 N–H and O–H groups in total. The molecule has 1 aromatic heterocycles. The third kappa shape index (κ3) is 3.76. The summed E-state index contributed by atoms with van der Waals surface area (Å²) in [5, 5.41) is 3.57. The van der Waals surface area contributed by atoms with Crippen LogP contribution in [0.1, 0.15) is 62.0 Å². The van der Waals surface area contributed by atoms with Gasteiger partial charge in [-0.15, -0.1) is 11.3 Å². The third-order valence-corrected chi connectivity index (χ3v) is 5.48. The molecule has 5 heteroatoms. The van der Waals surface area contributed by atoms with E-state index in [0.717, 1.165) is 42.4 Å². The highest BCUT2D eigenvalue weighted by Crippen LogP contribution is 2.39. The number of benzene rings is 1. The number of nitrogens with one attached hydrogen (secondary N) is 1. The van der Waals surface area contributed by atoms with Gasteiger partial charge in [-0.3, -0.25) is 4.79 Å². The number of anilines is 1. The van der Waals surface area contributed by atoms with Crippen LogP contribution in [0, 0.1) is 13.8 Å². The van der Waals surface area contributed by atoms with Crippen molar-refractivity contribution in [3.63, 3.8) is 0 Å². The van der Waals surface area contributed by atoms with Crippen LogP contribution < -0.4 is 5.32 Å². The summed E-state index contributed by atoms with van der Waals surface area (Å²) < 4.78 is 5.34. The molecule has 0 radical (unpaired) electrons. The molecule has 1 aromatic carbocycles. The number of rotatable bonds is 5. The molecule has 0 saturated carbocycles. The zero-order valence-corrected chi connectivity index (χ0v) is 15.7. The van der Waals surface area contributed by atoms with Crippen LogP contribution in [0.5, 0.6) is 0 Å². The largest absolute Gasteiger partial charge is 0.462 e. The smallest absolute Gasteiger partial charge is 0.341 e. The van der Waals surface area contributed by atoms with E-state index in [2.05, 4.69) is 5.32 Å². The first-order valence-corrected chi connectivity index (χ1v) is 9.52. The second-order valence-electron chi connectivity index (χ2n) is 6.53. The number of amides is 1. The molecule has 25 heavy (non-hydrogen) atoms. The van der Waals surface area contributed by atoms with E-state index in [9.17, 15) is 9.59 Å². The monoisotopic (exact) mass is 357 g/mol.